The molecule has 0 unspecified atom stereocenters. The van der Waals surface area contributed by atoms with Crippen LogP contribution in [0.2, 0.25) is 4.34 Å². The third-order valence-corrected chi connectivity index (χ3v) is 12.1. The number of thiophene rings is 1. The third-order valence-electron chi connectivity index (χ3n) is 8.76. The zero-order chi connectivity index (χ0) is 34.2. The molecule has 0 saturated carbocycles. The largest absolute Gasteiger partial charge is 0.488 e. The van der Waals surface area contributed by atoms with E-state index in [1.807, 2.05) is 44.2 Å². The van der Waals surface area contributed by atoms with Crippen molar-refractivity contribution in [2.24, 2.45) is 5.41 Å². The highest BCUT2D eigenvalue weighted by Gasteiger charge is 2.44. The topological polar surface area (TPSA) is 104 Å². The summed E-state index contributed by atoms with van der Waals surface area (Å²) in [6.45, 7) is 7.89. The molecule has 252 valence electrons. The predicted octanol–water partition coefficient (Wildman–Crippen LogP) is 7.57. The number of carbonyl (C=O) groups is 1. The molecule has 3 heterocycles. The predicted molar refractivity (Wildman–Crippen MR) is 183 cm³/mol. The van der Waals surface area contributed by atoms with E-state index in [-0.39, 0.29) is 41.8 Å². The second-order valence-electron chi connectivity index (χ2n) is 12.3. The molecular weight excluding hydrogens is 675 g/mol. The number of sulfonamides is 1. The highest BCUT2D eigenvalue weighted by molar-refractivity contribution is 7.89. The van der Waals surface area contributed by atoms with Crippen molar-refractivity contribution < 1.29 is 27.1 Å². The van der Waals surface area contributed by atoms with Crippen LogP contribution in [0.1, 0.15) is 61.6 Å². The molecule has 48 heavy (non-hydrogen) atoms. The number of nitrogens with zero attached hydrogens (tertiary/aromatic N) is 4. The van der Waals surface area contributed by atoms with Crippen LogP contribution in [0.4, 0.5) is 4.39 Å². The molecule has 6 rings (SSSR count). The van der Waals surface area contributed by atoms with Gasteiger partial charge in [0.1, 0.15) is 28.9 Å². The maximum Gasteiger partial charge on any atom is 0.312 e. The first-order valence-corrected chi connectivity index (χ1v) is 18.4. The molecule has 1 aliphatic rings. The maximum absolute atomic E-state index is 16.5. The Labute approximate surface area is 288 Å². The number of rotatable bonds is 10. The summed E-state index contributed by atoms with van der Waals surface area (Å²) < 4.78 is 59.4. The van der Waals surface area contributed by atoms with Gasteiger partial charge in [-0.2, -0.15) is 4.31 Å². The van der Waals surface area contributed by atoms with Crippen LogP contribution in [0.3, 0.4) is 0 Å². The van der Waals surface area contributed by atoms with Crippen LogP contribution in [-0.4, -0.2) is 46.3 Å². The molecule has 0 spiro atoms. The monoisotopic (exact) mass is 710 g/mol. The van der Waals surface area contributed by atoms with E-state index in [2.05, 4.69) is 10.3 Å². The van der Waals surface area contributed by atoms with E-state index < -0.39 is 33.1 Å². The Morgan fingerprint density at radius 1 is 1.12 bits per heavy atom. The molecular formula is C35H36ClFN4O5S2. The van der Waals surface area contributed by atoms with Gasteiger partial charge < -0.3 is 9.47 Å². The number of fused-ring (bicyclic) bond motifs is 2. The molecule has 13 heteroatoms. The van der Waals surface area contributed by atoms with E-state index in [4.69, 9.17) is 21.1 Å². The first-order valence-electron chi connectivity index (χ1n) is 15.7. The zero-order valence-electron chi connectivity index (χ0n) is 27.0. The maximum atomic E-state index is 16.5. The van der Waals surface area contributed by atoms with Crippen molar-refractivity contribution in [3.8, 4) is 5.75 Å². The average molecular weight is 711 g/mol. The molecule has 0 fully saturated rings. The standard InChI is InChI=1S/C35H36ClFN4O5S2/c1-5-24-20-40(48(43,44)29-15-11-10-14-27(29)46-24)19-23-18-28(47-33(23)36)30(25-16-17-26-32(31(25)37)38-39-41(26)6-2)35(3,4)34(42)45-21-22-12-8-7-9-13-22/h7-18,24,30H,5-6,19-21H2,1-4H3/t24-,30-/m1/s1. The van der Waals surface area contributed by atoms with E-state index >= 15 is 4.39 Å². The highest BCUT2D eigenvalue weighted by atomic mass is 35.5. The SMILES string of the molecule is CC[C@@H]1CN(Cc2cc([C@@H](c3ccc4c(nnn4CC)c3F)C(C)(C)C(=O)OCc3ccccc3)sc2Cl)S(=O)(=O)c2ccccc2O1. The summed E-state index contributed by atoms with van der Waals surface area (Å²) >= 11 is 8.04. The summed E-state index contributed by atoms with van der Waals surface area (Å²) in [5.41, 5.74) is 0.920. The number of aromatic nitrogens is 3. The minimum Gasteiger partial charge on any atom is -0.488 e. The summed E-state index contributed by atoms with van der Waals surface area (Å²) in [4.78, 5) is 14.5. The van der Waals surface area contributed by atoms with Crippen LogP contribution in [-0.2, 0) is 39.3 Å². The van der Waals surface area contributed by atoms with Crippen molar-refractivity contribution in [2.45, 2.75) is 70.7 Å². The van der Waals surface area contributed by atoms with E-state index in [1.165, 1.54) is 21.7 Å². The van der Waals surface area contributed by atoms with Gasteiger partial charge in [0.15, 0.2) is 5.82 Å². The molecule has 0 radical (unpaired) electrons. The van der Waals surface area contributed by atoms with Crippen LogP contribution >= 0.6 is 22.9 Å². The van der Waals surface area contributed by atoms with Crippen LogP contribution in [0.15, 0.2) is 77.7 Å². The lowest BCUT2D eigenvalue weighted by Gasteiger charge is -2.32. The summed E-state index contributed by atoms with van der Waals surface area (Å²) in [6.07, 6.45) is 0.220. The molecule has 0 bridgehead atoms. The molecule has 9 nitrogen and oxygen atoms in total. The number of benzene rings is 3. The van der Waals surface area contributed by atoms with Gasteiger partial charge in [0.25, 0.3) is 0 Å². The van der Waals surface area contributed by atoms with Gasteiger partial charge >= 0.3 is 5.97 Å². The lowest BCUT2D eigenvalue weighted by Crippen LogP contribution is -2.36. The highest BCUT2D eigenvalue weighted by Crippen LogP contribution is 2.48. The van der Waals surface area contributed by atoms with E-state index in [9.17, 15) is 13.2 Å². The second-order valence-corrected chi connectivity index (χ2v) is 15.9. The van der Waals surface area contributed by atoms with Gasteiger partial charge in [-0.3, -0.25) is 4.79 Å². The number of hydrogen-bond donors (Lipinski definition) is 0. The number of halogens is 2. The summed E-state index contributed by atoms with van der Waals surface area (Å²) in [5, 5.41) is 8.19. The number of carbonyl (C=O) groups excluding carboxylic acids is 1. The van der Waals surface area contributed by atoms with Gasteiger partial charge in [0.2, 0.25) is 10.0 Å². The van der Waals surface area contributed by atoms with Crippen LogP contribution in [0.25, 0.3) is 11.0 Å². The first kappa shape index (κ1) is 34.0. The molecule has 0 N–H and O–H groups in total. The Hall–Kier alpha value is -3.84. The molecule has 3 aromatic carbocycles. The quantitative estimate of drug-likeness (QED) is 0.138. The number of hydrogen-bond acceptors (Lipinski definition) is 8. The number of aryl methyl sites for hydroxylation is 1. The average Bonchev–Trinajstić information content (AvgIpc) is 3.64. The van der Waals surface area contributed by atoms with Gasteiger partial charge in [-0.05, 0) is 68.1 Å². The lowest BCUT2D eigenvalue weighted by atomic mass is 9.73. The Bertz CT molecular complexity index is 2070. The minimum absolute atomic E-state index is 0.0379. The summed E-state index contributed by atoms with van der Waals surface area (Å²) in [5.74, 6) is -1.68. The van der Waals surface area contributed by atoms with Crippen LogP contribution in [0.5, 0.6) is 5.75 Å². The summed E-state index contributed by atoms with van der Waals surface area (Å²) in [6, 6.07) is 21.1. The number of ether oxygens (including phenoxy) is 2. The van der Waals surface area contributed by atoms with Gasteiger partial charge in [-0.25, -0.2) is 17.5 Å². The Morgan fingerprint density at radius 3 is 2.58 bits per heavy atom. The fourth-order valence-electron chi connectivity index (χ4n) is 6.07. The molecule has 2 atom stereocenters. The van der Waals surface area contributed by atoms with Gasteiger partial charge in [0.05, 0.1) is 21.8 Å². The Morgan fingerprint density at radius 2 is 1.85 bits per heavy atom. The molecule has 2 aromatic heterocycles. The first-order chi connectivity index (χ1) is 22.9. The number of para-hydroxylation sites is 1. The molecule has 0 saturated heterocycles. The van der Waals surface area contributed by atoms with Gasteiger partial charge in [-0.1, -0.05) is 72.3 Å². The van der Waals surface area contributed by atoms with Crippen molar-refractivity contribution >= 4 is 50.0 Å². The molecule has 1 aliphatic heterocycles. The second kappa shape index (κ2) is 13.6. The van der Waals surface area contributed by atoms with E-state index in [0.717, 1.165) is 5.56 Å². The van der Waals surface area contributed by atoms with Crippen LogP contribution < -0.4 is 4.74 Å². The van der Waals surface area contributed by atoms with Crippen molar-refractivity contribution in [3.05, 3.63) is 105 Å². The van der Waals surface area contributed by atoms with E-state index in [0.29, 0.717) is 39.0 Å². The minimum atomic E-state index is -3.94. The van der Waals surface area contributed by atoms with Gasteiger partial charge in [0, 0.05) is 23.9 Å². The van der Waals surface area contributed by atoms with Crippen LogP contribution in [0, 0.1) is 11.2 Å². The number of esters is 1. The summed E-state index contributed by atoms with van der Waals surface area (Å²) in [7, 11) is -3.94. The van der Waals surface area contributed by atoms with Crippen molar-refractivity contribution in [1.29, 1.82) is 0 Å². The third kappa shape index (κ3) is 6.34. The van der Waals surface area contributed by atoms with Crippen molar-refractivity contribution in [2.75, 3.05) is 6.54 Å². The van der Waals surface area contributed by atoms with Crippen molar-refractivity contribution in [3.63, 3.8) is 0 Å². The zero-order valence-corrected chi connectivity index (χ0v) is 29.4. The molecule has 5 aromatic rings. The fourth-order valence-corrected chi connectivity index (χ4v) is 9.23. The van der Waals surface area contributed by atoms with Crippen molar-refractivity contribution in [1.82, 2.24) is 19.3 Å². The smallest absolute Gasteiger partial charge is 0.312 e. The molecule has 0 amide bonds. The fraction of sp³-hybridized carbons (Fsp3) is 0.343. The van der Waals surface area contributed by atoms with Gasteiger partial charge in [-0.15, -0.1) is 16.4 Å². The normalized spacial score (nSPS) is 17.0. The Kier molecular flexibility index (Phi) is 9.63. The van der Waals surface area contributed by atoms with E-state index in [1.54, 1.807) is 54.9 Å². The Balaban J connectivity index is 1.41. The lowest BCUT2D eigenvalue weighted by molar-refractivity contribution is -0.156. The molecule has 0 aliphatic carbocycles.